The Bertz CT molecular complexity index is 1200. The largest absolute Gasteiger partial charge is 1.00 e. The summed E-state index contributed by atoms with van der Waals surface area (Å²) in [4.78, 5) is 10.9. The van der Waals surface area contributed by atoms with Crippen LogP contribution in [0, 0.1) is 6.92 Å². The molecule has 5 nitrogen and oxygen atoms in total. The number of rotatable bonds is 9. The molecular weight excluding hydrogens is 513 g/mol. The average molecular weight is 534 g/mol. The molecule has 0 aliphatic carbocycles. The summed E-state index contributed by atoms with van der Waals surface area (Å²) in [5, 5.41) is 20.6. The first-order valence-corrected chi connectivity index (χ1v) is 10.8. The minimum Gasteiger partial charge on any atom is -0.545 e. The second kappa shape index (κ2) is 12.2. The number of aryl methyl sites for hydroxylation is 1. The maximum atomic E-state index is 13.2. The first-order valence-electron chi connectivity index (χ1n) is 10.8. The fourth-order valence-electron chi connectivity index (χ4n) is 3.56. The van der Waals surface area contributed by atoms with Gasteiger partial charge in [0.25, 0.3) is 5.60 Å². The van der Waals surface area contributed by atoms with E-state index in [1.54, 1.807) is 30.3 Å². The fraction of sp³-hybridized carbons (Fsp3) is 0.269. The molecule has 3 aromatic carbocycles. The zero-order valence-electron chi connectivity index (χ0n) is 20.3. The van der Waals surface area contributed by atoms with Gasteiger partial charge in [0.05, 0.1) is 5.97 Å². The van der Waals surface area contributed by atoms with Crippen molar-refractivity contribution in [2.24, 2.45) is 0 Å². The predicted octanol–water partition coefficient (Wildman–Crippen LogP) is 1.74. The van der Waals surface area contributed by atoms with Gasteiger partial charge in [-0.25, -0.2) is 0 Å². The first-order chi connectivity index (χ1) is 17.2. The number of ether oxygens (including phenoxy) is 2. The van der Waals surface area contributed by atoms with E-state index < -0.39 is 35.6 Å². The Morgan fingerprint density at radius 2 is 1.50 bits per heavy atom. The zero-order chi connectivity index (χ0) is 27.4. The Hall–Kier alpha value is -3.13. The van der Waals surface area contributed by atoms with Gasteiger partial charge in [-0.1, -0.05) is 36.4 Å². The van der Waals surface area contributed by atoms with E-state index in [9.17, 15) is 41.4 Å². The maximum Gasteiger partial charge on any atom is 1.00 e. The molecule has 1 unspecified atom stereocenters. The minimum absolute atomic E-state index is 0. The minimum atomic E-state index is -6.00. The second-order valence-corrected chi connectivity index (χ2v) is 8.24. The van der Waals surface area contributed by atoms with Crippen molar-refractivity contribution in [3.05, 3.63) is 95.1 Å². The molecule has 0 aliphatic heterocycles. The number of hydrogen-bond donors (Lipinski definition) is 1. The van der Waals surface area contributed by atoms with E-state index >= 15 is 0 Å². The molecule has 0 saturated heterocycles. The number of alkyl halides is 6. The molecule has 0 fully saturated rings. The van der Waals surface area contributed by atoms with Crippen LogP contribution in [0.3, 0.4) is 0 Å². The van der Waals surface area contributed by atoms with Crippen molar-refractivity contribution in [1.29, 1.82) is 0 Å². The number of carbonyl (C=O) groups excluding carboxylic acids is 1. The SMILES string of the molecule is Cc1cc(C(O)(C(F)(F)F)C(F)(F)F)ccc1OC(COc1ccc(C(=O)[O-])cc1)Cc1ccccc1.[Li+]. The molecule has 0 aliphatic rings. The molecule has 198 valence electrons. The van der Waals surface area contributed by atoms with Gasteiger partial charge in [0.15, 0.2) is 0 Å². The van der Waals surface area contributed by atoms with Crippen LogP contribution in [0.4, 0.5) is 26.3 Å². The van der Waals surface area contributed by atoms with Crippen LogP contribution in [-0.2, 0) is 12.0 Å². The fourth-order valence-corrected chi connectivity index (χ4v) is 3.56. The third-order valence-electron chi connectivity index (χ3n) is 5.54. The summed E-state index contributed by atoms with van der Waals surface area (Å²) >= 11 is 0. The van der Waals surface area contributed by atoms with Crippen LogP contribution in [0.25, 0.3) is 0 Å². The van der Waals surface area contributed by atoms with Crippen LogP contribution in [-0.4, -0.2) is 36.1 Å². The normalized spacial score (nSPS) is 12.8. The topological polar surface area (TPSA) is 78.8 Å². The van der Waals surface area contributed by atoms with Crippen LogP contribution < -0.4 is 33.4 Å². The zero-order valence-corrected chi connectivity index (χ0v) is 20.3. The van der Waals surface area contributed by atoms with Crippen LogP contribution in [0.5, 0.6) is 11.5 Å². The summed E-state index contributed by atoms with van der Waals surface area (Å²) in [5.41, 5.74) is -5.74. The van der Waals surface area contributed by atoms with Crippen molar-refractivity contribution < 1.29 is 69.7 Å². The predicted molar refractivity (Wildman–Crippen MR) is 118 cm³/mol. The molecule has 0 aromatic heterocycles. The van der Waals surface area contributed by atoms with Gasteiger partial charge in [-0.3, -0.25) is 0 Å². The Morgan fingerprint density at radius 3 is 2.00 bits per heavy atom. The van der Waals surface area contributed by atoms with E-state index in [1.807, 2.05) is 0 Å². The number of aliphatic hydroxyl groups is 1. The van der Waals surface area contributed by atoms with Crippen LogP contribution >= 0.6 is 0 Å². The third kappa shape index (κ3) is 7.04. The molecule has 3 rings (SSSR count). The smallest absolute Gasteiger partial charge is 0.545 e. The Balaban J connectivity index is 0.00000507. The summed E-state index contributed by atoms with van der Waals surface area (Å²) in [5.74, 6) is -1.06. The molecule has 38 heavy (non-hydrogen) atoms. The number of carboxylic acid groups (broad SMARTS) is 1. The van der Waals surface area contributed by atoms with Crippen molar-refractivity contribution >= 4 is 5.97 Å². The number of carboxylic acids is 1. The van der Waals surface area contributed by atoms with Crippen molar-refractivity contribution in [2.75, 3.05) is 6.61 Å². The molecule has 0 bridgehead atoms. The van der Waals surface area contributed by atoms with E-state index in [1.165, 1.54) is 31.2 Å². The van der Waals surface area contributed by atoms with E-state index in [-0.39, 0.29) is 48.8 Å². The molecule has 0 radical (unpaired) electrons. The molecule has 1 atom stereocenters. The van der Waals surface area contributed by atoms with E-state index in [4.69, 9.17) is 9.47 Å². The third-order valence-corrected chi connectivity index (χ3v) is 5.54. The van der Waals surface area contributed by atoms with Crippen molar-refractivity contribution in [3.63, 3.8) is 0 Å². The van der Waals surface area contributed by atoms with Gasteiger partial charge >= 0.3 is 31.2 Å². The summed E-state index contributed by atoms with van der Waals surface area (Å²) in [6.45, 7) is 1.17. The average Bonchev–Trinajstić information content (AvgIpc) is 2.82. The van der Waals surface area contributed by atoms with Gasteiger partial charge in [0.2, 0.25) is 0 Å². The van der Waals surface area contributed by atoms with Gasteiger partial charge in [0.1, 0.15) is 24.2 Å². The summed E-state index contributed by atoms with van der Waals surface area (Å²) in [7, 11) is 0. The first kappa shape index (κ1) is 31.1. The Morgan fingerprint density at radius 1 is 0.921 bits per heavy atom. The molecule has 1 N–H and O–H groups in total. The van der Waals surface area contributed by atoms with Crippen LogP contribution in [0.1, 0.15) is 27.0 Å². The van der Waals surface area contributed by atoms with E-state index in [0.717, 1.165) is 11.6 Å². The van der Waals surface area contributed by atoms with Gasteiger partial charge in [-0.05, 0) is 60.0 Å². The van der Waals surface area contributed by atoms with Gasteiger partial charge in [0, 0.05) is 12.0 Å². The molecule has 0 saturated carbocycles. The number of aromatic carboxylic acids is 1. The molecule has 0 amide bonds. The summed E-state index contributed by atoms with van der Waals surface area (Å²) < 4.78 is 91.1. The maximum absolute atomic E-state index is 13.2. The van der Waals surface area contributed by atoms with Crippen molar-refractivity contribution in [3.8, 4) is 11.5 Å². The molecule has 0 spiro atoms. The van der Waals surface area contributed by atoms with E-state index in [2.05, 4.69) is 0 Å². The number of benzene rings is 3. The van der Waals surface area contributed by atoms with Gasteiger partial charge < -0.3 is 24.5 Å². The molecule has 12 heteroatoms. The Labute approximate surface area is 226 Å². The summed E-state index contributed by atoms with van der Waals surface area (Å²) in [6.07, 6.45) is -12.5. The molecule has 0 heterocycles. The standard InChI is InChI=1S/C26H22F6O5.Li/c1-16-13-19(24(35,25(27,28)29)26(30,31)32)9-12-22(16)37-21(14-17-5-3-2-4-6-17)15-36-20-10-7-18(8-11-20)23(33)34;/h2-13,21,35H,14-15H2,1H3,(H,33,34);/q;+1/p-1. The van der Waals surface area contributed by atoms with Crippen molar-refractivity contribution in [1.82, 2.24) is 0 Å². The monoisotopic (exact) mass is 534 g/mol. The number of carbonyl (C=O) groups is 1. The van der Waals surface area contributed by atoms with Crippen LogP contribution in [0.2, 0.25) is 0 Å². The number of hydrogen-bond acceptors (Lipinski definition) is 5. The number of halogens is 6. The van der Waals surface area contributed by atoms with Crippen molar-refractivity contribution in [2.45, 2.75) is 37.4 Å². The Kier molecular flexibility index (Phi) is 9.94. The van der Waals surface area contributed by atoms with Gasteiger partial charge in [-0.2, -0.15) is 26.3 Å². The van der Waals surface area contributed by atoms with Crippen LogP contribution in [0.15, 0.2) is 72.8 Å². The second-order valence-electron chi connectivity index (χ2n) is 8.24. The summed E-state index contributed by atoms with van der Waals surface area (Å²) in [6, 6.07) is 16.3. The van der Waals surface area contributed by atoms with E-state index in [0.29, 0.717) is 17.9 Å². The quantitative estimate of drug-likeness (QED) is 0.335. The molecule has 3 aromatic rings. The van der Waals surface area contributed by atoms with Gasteiger partial charge in [-0.15, -0.1) is 0 Å². The molecular formula is C26H21F6LiO5.